The quantitative estimate of drug-likeness (QED) is 0.0276. The average Bonchev–Trinajstić information content (AvgIpc) is 4.33. The van der Waals surface area contributed by atoms with Gasteiger partial charge in [0.2, 0.25) is 23.3 Å². The number of aliphatic hydroxyl groups is 1. The minimum absolute atomic E-state index is 0.0218. The lowest BCUT2D eigenvalue weighted by atomic mass is 9.91. The molecule has 18 nitrogen and oxygen atoms in total. The fourth-order valence-electron chi connectivity index (χ4n) is 10.9. The van der Waals surface area contributed by atoms with Gasteiger partial charge in [-0.1, -0.05) is 68.6 Å². The number of β-amino-alcohol motifs (C(OH)–C–C–N with tert-alkyl or cyclic N) is 1. The number of nitrogens with one attached hydrogen (secondary N) is 5. The highest BCUT2D eigenvalue weighted by Gasteiger charge is 2.44. The van der Waals surface area contributed by atoms with E-state index in [-0.39, 0.29) is 71.6 Å². The number of amides is 5. The Morgan fingerprint density at radius 2 is 1.54 bits per heavy atom. The molecule has 448 valence electrons. The van der Waals surface area contributed by atoms with Crippen LogP contribution in [-0.2, 0) is 20.6 Å². The number of alkyl halides is 3. The van der Waals surface area contributed by atoms with Gasteiger partial charge in [0.15, 0.2) is 0 Å². The van der Waals surface area contributed by atoms with Crippen LogP contribution in [-0.4, -0.2) is 124 Å². The molecule has 3 aromatic carbocycles. The number of carbonyl (C=O) groups excluding carboxylic acids is 5. The van der Waals surface area contributed by atoms with Gasteiger partial charge in [0.05, 0.1) is 62.8 Å². The van der Waals surface area contributed by atoms with Crippen LogP contribution in [0, 0.1) is 25.6 Å². The van der Waals surface area contributed by atoms with Crippen LogP contribution in [0.3, 0.4) is 0 Å². The van der Waals surface area contributed by atoms with Gasteiger partial charge in [0.25, 0.3) is 11.8 Å². The van der Waals surface area contributed by atoms with Crippen LogP contribution in [0.2, 0.25) is 0 Å². The number of aromatic amines is 1. The molecule has 84 heavy (non-hydrogen) atoms. The van der Waals surface area contributed by atoms with E-state index in [1.807, 2.05) is 70.8 Å². The minimum Gasteiger partial charge on any atom is -0.391 e. The van der Waals surface area contributed by atoms with E-state index in [4.69, 9.17) is 4.52 Å². The summed E-state index contributed by atoms with van der Waals surface area (Å²) in [5.74, 6) is -3.96. The predicted octanol–water partition coefficient (Wildman–Crippen LogP) is 9.15. The molecule has 0 saturated carbocycles. The molecular formula is C61H72F4N10O8S. The van der Waals surface area contributed by atoms with Crippen molar-refractivity contribution in [2.24, 2.45) is 5.92 Å². The first-order valence-electron chi connectivity index (χ1n) is 28.3. The summed E-state index contributed by atoms with van der Waals surface area (Å²) < 4.78 is 63.3. The van der Waals surface area contributed by atoms with Crippen LogP contribution < -0.4 is 31.7 Å². The molecule has 0 radical (unpaired) electrons. The second-order valence-corrected chi connectivity index (χ2v) is 23.1. The lowest BCUT2D eigenvalue weighted by molar-refractivity contribution is -0.141. The van der Waals surface area contributed by atoms with Crippen molar-refractivity contribution in [3.8, 4) is 21.6 Å². The molecule has 2 aliphatic rings. The third-order valence-corrected chi connectivity index (χ3v) is 16.7. The maximum Gasteiger partial charge on any atom is 0.417 e. The molecule has 5 amide bonds. The fraction of sp³-hybridized carbons (Fsp3) is 0.443. The highest BCUT2D eigenvalue weighted by atomic mass is 32.1. The summed E-state index contributed by atoms with van der Waals surface area (Å²) in [4.78, 5) is 93.9. The van der Waals surface area contributed by atoms with E-state index < -0.39 is 70.5 Å². The van der Waals surface area contributed by atoms with Gasteiger partial charge < -0.3 is 45.7 Å². The number of aromatic nitrogens is 3. The van der Waals surface area contributed by atoms with Gasteiger partial charge in [-0.2, -0.15) is 13.2 Å². The van der Waals surface area contributed by atoms with Crippen LogP contribution in [0.15, 0.2) is 93.8 Å². The third kappa shape index (κ3) is 15.1. The average molecular weight is 1180 g/mol. The maximum atomic E-state index is 15.7. The molecule has 0 spiro atoms. The number of piperazine rings is 1. The van der Waals surface area contributed by atoms with Gasteiger partial charge in [0, 0.05) is 80.7 Å². The number of unbranched alkanes of at least 4 members (excludes halogenated alkanes) is 4. The Hall–Kier alpha value is -7.76. The van der Waals surface area contributed by atoms with Crippen LogP contribution in [0.1, 0.15) is 134 Å². The number of aryl methyl sites for hydroxylation is 2. The summed E-state index contributed by atoms with van der Waals surface area (Å²) in [5, 5.41) is 26.3. The van der Waals surface area contributed by atoms with Gasteiger partial charge in [-0.15, -0.1) is 11.3 Å². The summed E-state index contributed by atoms with van der Waals surface area (Å²) in [6, 6.07) is 16.6. The Bertz CT molecular complexity index is 3370. The van der Waals surface area contributed by atoms with Gasteiger partial charge in [-0.3, -0.25) is 33.7 Å². The van der Waals surface area contributed by atoms with Crippen molar-refractivity contribution >= 4 is 52.2 Å². The molecule has 6 N–H and O–H groups in total. The summed E-state index contributed by atoms with van der Waals surface area (Å²) in [5.41, 5.74) is 2.67. The van der Waals surface area contributed by atoms with Crippen molar-refractivity contribution in [3.05, 3.63) is 140 Å². The van der Waals surface area contributed by atoms with Crippen molar-refractivity contribution in [2.75, 3.05) is 50.0 Å². The number of likely N-dealkylation sites (tertiary alicyclic amines) is 1. The van der Waals surface area contributed by atoms with E-state index in [1.165, 1.54) is 34.4 Å². The van der Waals surface area contributed by atoms with Crippen LogP contribution in [0.5, 0.6) is 0 Å². The zero-order chi connectivity index (χ0) is 60.6. The summed E-state index contributed by atoms with van der Waals surface area (Å²) in [6.45, 7) is 13.2. The molecule has 2 fully saturated rings. The number of thiazole rings is 1. The molecule has 8 rings (SSSR count). The van der Waals surface area contributed by atoms with E-state index in [0.717, 1.165) is 41.5 Å². The number of carbonyl (C=O) groups is 5. The number of benzene rings is 3. The minimum atomic E-state index is -5.01. The molecule has 0 aliphatic carbocycles. The number of anilines is 2. The first-order valence-corrected chi connectivity index (χ1v) is 29.1. The lowest BCUT2D eigenvalue weighted by Gasteiger charge is -2.44. The second-order valence-electron chi connectivity index (χ2n) is 22.3. The topological polar surface area (TPSA) is 235 Å². The number of nitrogens with zero attached hydrogens (tertiary/aromatic N) is 5. The molecule has 23 heteroatoms. The van der Waals surface area contributed by atoms with Crippen molar-refractivity contribution in [1.82, 2.24) is 40.9 Å². The Morgan fingerprint density at radius 3 is 2.18 bits per heavy atom. The van der Waals surface area contributed by atoms with Crippen LogP contribution in [0.4, 0.5) is 28.9 Å². The zero-order valence-electron chi connectivity index (χ0n) is 48.1. The fourth-order valence-corrected chi connectivity index (χ4v) is 11.7. The van der Waals surface area contributed by atoms with Crippen LogP contribution >= 0.6 is 11.3 Å². The first kappa shape index (κ1) is 62.3. The number of likely N-dealkylation sites (N-methyl/N-ethyl adjacent to an activating group) is 1. The third-order valence-electron chi connectivity index (χ3n) is 15.7. The monoisotopic (exact) mass is 1180 g/mol. The van der Waals surface area contributed by atoms with E-state index in [1.54, 1.807) is 30.6 Å². The van der Waals surface area contributed by atoms with Crippen molar-refractivity contribution in [2.45, 2.75) is 129 Å². The van der Waals surface area contributed by atoms with Crippen LogP contribution in [0.25, 0.3) is 21.6 Å². The molecular weight excluding hydrogens is 1110 g/mol. The molecule has 2 aliphatic heterocycles. The molecule has 6 aromatic rings. The maximum absolute atomic E-state index is 15.7. The molecule has 0 unspecified atom stereocenters. The lowest BCUT2D eigenvalue weighted by Crippen LogP contribution is -2.55. The number of aliphatic hydroxyl groups excluding tert-OH is 1. The highest BCUT2D eigenvalue weighted by Crippen LogP contribution is 2.38. The number of pyridine rings is 1. The van der Waals surface area contributed by atoms with Gasteiger partial charge >= 0.3 is 6.18 Å². The number of hydrogen-bond donors (Lipinski definition) is 6. The van der Waals surface area contributed by atoms with E-state index in [9.17, 15) is 47.0 Å². The summed E-state index contributed by atoms with van der Waals surface area (Å²) in [7, 11) is 1.99. The predicted molar refractivity (Wildman–Crippen MR) is 312 cm³/mol. The van der Waals surface area contributed by atoms with Crippen molar-refractivity contribution in [1.29, 1.82) is 0 Å². The van der Waals surface area contributed by atoms with Gasteiger partial charge in [-0.25, -0.2) is 9.37 Å². The van der Waals surface area contributed by atoms with E-state index in [2.05, 4.69) is 41.3 Å². The smallest absolute Gasteiger partial charge is 0.391 e. The number of H-pyrrole nitrogens is 1. The molecule has 3 aromatic heterocycles. The molecule has 2 saturated heterocycles. The van der Waals surface area contributed by atoms with E-state index >= 15 is 4.39 Å². The largest absolute Gasteiger partial charge is 0.417 e. The molecule has 0 bridgehead atoms. The molecule has 6 atom stereocenters. The number of rotatable bonds is 22. The Morgan fingerprint density at radius 1 is 0.857 bits per heavy atom. The SMILES string of the molecule is Cc1cc([C@H](C(=O)N2C[C@H](O)C[C@H]2C(=O)N[C@@H](CC(=O)NCCCCCCCNC(=O)c2ccc(F)c(-c3ccc(N4C[C@@H](C)N(C)[C@@H](C)C4)c(NC(=O)c4c[nH]c(=O)cc4C(F)(F)F)c3)c2)c2ccc(-c3scnc3C)cc2)C(C)C)on1. The van der Waals surface area contributed by atoms with E-state index in [0.29, 0.717) is 74.0 Å². The standard InChI is InChI=1S/C61H72F4N10O8S/c1-34(2)55(52-23-35(3)72-83-52)60(82)75-32-43(76)26-51(75)59(81)70-48(39-13-15-40(16-14-39)56-38(6)69-33-84-56)28-54(78)66-21-11-9-8-10-12-22-67-57(79)42-17-19-47(62)44(24-42)41-18-20-50(74-30-36(4)73(7)37(5)31-74)49(25-41)71-58(80)45-29-68-53(77)27-46(45)61(63,64)65/h13-20,23-25,27,29,33-34,36-37,43,48,51,55,76H,8-12,21-22,26,28,30-32H2,1-7H3,(H,66,78)(H,67,79)(H,68,77)(H,70,81)(H,71,80)/t36-,37+,43-,48+,51+,55-/m1/s1. The Balaban J connectivity index is 0.844. The molecule has 5 heterocycles. The van der Waals surface area contributed by atoms with Gasteiger partial charge in [-0.05, 0) is 101 Å². The normalized spacial score (nSPS) is 18.2. The number of hydrogen-bond acceptors (Lipinski definition) is 13. The first-order chi connectivity index (χ1) is 40.0. The Labute approximate surface area is 488 Å². The van der Waals surface area contributed by atoms with Gasteiger partial charge in [0.1, 0.15) is 23.5 Å². The second kappa shape index (κ2) is 27.3. The highest BCUT2D eigenvalue weighted by molar-refractivity contribution is 7.13. The Kier molecular flexibility index (Phi) is 20.2. The number of halogens is 4. The summed E-state index contributed by atoms with van der Waals surface area (Å²) >= 11 is 1.51. The van der Waals surface area contributed by atoms with Crippen molar-refractivity contribution in [3.63, 3.8) is 0 Å². The summed E-state index contributed by atoms with van der Waals surface area (Å²) in [6.07, 6.45) is -1.67. The van der Waals surface area contributed by atoms with Crippen molar-refractivity contribution < 1.29 is 51.2 Å². The zero-order valence-corrected chi connectivity index (χ0v) is 48.9.